The van der Waals surface area contributed by atoms with Crippen LogP contribution in [-0.4, -0.2) is 15.0 Å². The number of hydrogen-bond acceptors (Lipinski definition) is 4. The number of nitrogens with zero attached hydrogens (tertiary/aromatic N) is 3. The lowest BCUT2D eigenvalue weighted by molar-refractivity contribution is 1.07. The summed E-state index contributed by atoms with van der Waals surface area (Å²) in [5.41, 5.74) is 12.5. The van der Waals surface area contributed by atoms with Gasteiger partial charge in [-0.15, -0.1) is 0 Å². The molecule has 53 heavy (non-hydrogen) atoms. The maximum Gasteiger partial charge on any atom is 0.164 e. The van der Waals surface area contributed by atoms with Gasteiger partial charge in [0.05, 0.1) is 0 Å². The number of fused-ring (bicyclic) bond motifs is 2. The van der Waals surface area contributed by atoms with E-state index in [9.17, 15) is 0 Å². The molecule has 0 fully saturated rings. The summed E-state index contributed by atoms with van der Waals surface area (Å²) in [4.78, 5) is 17.4. The fourth-order valence-electron chi connectivity index (χ4n) is 7.33. The van der Waals surface area contributed by atoms with Crippen LogP contribution in [0.4, 0.5) is 0 Å². The second-order valence-electron chi connectivity index (χ2n) is 13.2. The minimum atomic E-state index is 0.646. The van der Waals surface area contributed by atoms with Crippen molar-refractivity contribution in [2.45, 2.75) is 9.79 Å². The molecule has 0 saturated heterocycles. The normalized spacial score (nSPS) is 11.7. The zero-order chi connectivity index (χ0) is 35.1. The molecule has 0 radical (unpaired) electrons. The summed E-state index contributed by atoms with van der Waals surface area (Å²) in [6.07, 6.45) is 0. The summed E-state index contributed by atoms with van der Waals surface area (Å²) >= 11 is 1.87. The molecule has 2 heterocycles. The SMILES string of the molecule is c1ccc(-c2nc(-c3ccccc3)nc(-c3cccc(-c4cccc(-c5ccc(-c6ccc7c8c(cccc68)Sc6ccccc6-7)cc5)c4)c3)n2)cc1. The highest BCUT2D eigenvalue weighted by molar-refractivity contribution is 7.99. The number of rotatable bonds is 6. The lowest BCUT2D eigenvalue weighted by atomic mass is 9.91. The largest absolute Gasteiger partial charge is 0.208 e. The third-order valence-electron chi connectivity index (χ3n) is 9.94. The van der Waals surface area contributed by atoms with E-state index in [1.165, 1.54) is 53.9 Å². The molecule has 8 aromatic carbocycles. The van der Waals surface area contributed by atoms with E-state index in [0.29, 0.717) is 17.5 Å². The molecule has 1 aliphatic rings. The van der Waals surface area contributed by atoms with Crippen molar-refractivity contribution in [2.24, 2.45) is 0 Å². The predicted molar refractivity (Wildman–Crippen MR) is 220 cm³/mol. The van der Waals surface area contributed by atoms with E-state index in [0.717, 1.165) is 27.8 Å². The predicted octanol–water partition coefficient (Wildman–Crippen LogP) is 13.2. The van der Waals surface area contributed by atoms with Crippen LogP contribution in [0.2, 0.25) is 0 Å². The van der Waals surface area contributed by atoms with Gasteiger partial charge < -0.3 is 0 Å². The highest BCUT2D eigenvalue weighted by Crippen LogP contribution is 2.49. The van der Waals surface area contributed by atoms with Crippen molar-refractivity contribution in [3.05, 3.63) is 188 Å². The average molecular weight is 694 g/mol. The van der Waals surface area contributed by atoms with Crippen molar-refractivity contribution in [3.63, 3.8) is 0 Å². The molecule has 0 atom stereocenters. The molecule has 10 rings (SSSR count). The number of benzene rings is 8. The Labute approximate surface area is 312 Å². The average Bonchev–Trinajstić information content (AvgIpc) is 3.24. The summed E-state index contributed by atoms with van der Waals surface area (Å²) < 4.78 is 0. The van der Waals surface area contributed by atoms with Crippen molar-refractivity contribution in [3.8, 4) is 78.7 Å². The molecular formula is C49H31N3S. The monoisotopic (exact) mass is 693 g/mol. The van der Waals surface area contributed by atoms with Crippen LogP contribution >= 0.6 is 11.8 Å². The Hall–Kier alpha value is -6.62. The molecule has 1 aromatic heterocycles. The fourth-order valence-corrected chi connectivity index (χ4v) is 8.47. The maximum atomic E-state index is 4.96. The van der Waals surface area contributed by atoms with Crippen molar-refractivity contribution >= 4 is 22.5 Å². The Balaban J connectivity index is 0.981. The van der Waals surface area contributed by atoms with Crippen LogP contribution in [0.5, 0.6) is 0 Å². The van der Waals surface area contributed by atoms with Crippen LogP contribution < -0.4 is 0 Å². The van der Waals surface area contributed by atoms with Gasteiger partial charge in [-0.05, 0) is 74.2 Å². The molecule has 0 spiro atoms. The van der Waals surface area contributed by atoms with E-state index in [4.69, 9.17) is 15.0 Å². The zero-order valence-electron chi connectivity index (χ0n) is 28.6. The minimum absolute atomic E-state index is 0.646. The Morgan fingerprint density at radius 2 is 0.755 bits per heavy atom. The molecule has 3 nitrogen and oxygen atoms in total. The van der Waals surface area contributed by atoms with Gasteiger partial charge in [0.25, 0.3) is 0 Å². The van der Waals surface area contributed by atoms with Crippen LogP contribution in [0.1, 0.15) is 0 Å². The Morgan fingerprint density at radius 1 is 0.283 bits per heavy atom. The highest BCUT2D eigenvalue weighted by atomic mass is 32.2. The topological polar surface area (TPSA) is 38.7 Å². The molecule has 9 aromatic rings. The van der Waals surface area contributed by atoms with Gasteiger partial charge in [0.1, 0.15) is 0 Å². The molecule has 0 N–H and O–H groups in total. The molecule has 0 saturated carbocycles. The molecule has 248 valence electrons. The maximum absolute atomic E-state index is 4.96. The quantitative estimate of drug-likeness (QED) is 0.174. The molecular weight excluding hydrogens is 663 g/mol. The first-order valence-corrected chi connectivity index (χ1v) is 18.6. The Bertz CT molecular complexity index is 2740. The summed E-state index contributed by atoms with van der Waals surface area (Å²) in [7, 11) is 0. The van der Waals surface area contributed by atoms with E-state index in [1.807, 2.05) is 72.4 Å². The zero-order valence-corrected chi connectivity index (χ0v) is 29.5. The van der Waals surface area contributed by atoms with Crippen LogP contribution in [-0.2, 0) is 0 Å². The van der Waals surface area contributed by atoms with E-state index >= 15 is 0 Å². The Kier molecular flexibility index (Phi) is 7.74. The van der Waals surface area contributed by atoms with Crippen molar-refractivity contribution in [1.82, 2.24) is 15.0 Å². The van der Waals surface area contributed by atoms with Crippen LogP contribution in [0, 0.1) is 0 Å². The molecule has 0 amide bonds. The fraction of sp³-hybridized carbons (Fsp3) is 0. The van der Waals surface area contributed by atoms with E-state index in [1.54, 1.807) is 0 Å². The second kappa shape index (κ2) is 13.2. The van der Waals surface area contributed by atoms with Crippen molar-refractivity contribution < 1.29 is 0 Å². The van der Waals surface area contributed by atoms with Gasteiger partial charge in [-0.3, -0.25) is 0 Å². The lowest BCUT2D eigenvalue weighted by Crippen LogP contribution is -2.00. The van der Waals surface area contributed by atoms with E-state index in [2.05, 4.69) is 127 Å². The molecule has 0 bridgehead atoms. The highest BCUT2D eigenvalue weighted by Gasteiger charge is 2.20. The van der Waals surface area contributed by atoms with Crippen LogP contribution in [0.3, 0.4) is 0 Å². The van der Waals surface area contributed by atoms with Crippen LogP contribution in [0.15, 0.2) is 198 Å². The van der Waals surface area contributed by atoms with Gasteiger partial charge in [-0.2, -0.15) is 0 Å². The smallest absolute Gasteiger partial charge is 0.164 e. The van der Waals surface area contributed by atoms with Gasteiger partial charge >= 0.3 is 0 Å². The first kappa shape index (κ1) is 31.1. The summed E-state index contributed by atoms with van der Waals surface area (Å²) in [5, 5.41) is 2.64. The van der Waals surface area contributed by atoms with Crippen LogP contribution in [0.25, 0.3) is 89.4 Å². The number of aromatic nitrogens is 3. The molecule has 4 heteroatoms. The first-order chi connectivity index (χ1) is 26.2. The van der Waals surface area contributed by atoms with Gasteiger partial charge in [0.2, 0.25) is 0 Å². The van der Waals surface area contributed by atoms with Crippen molar-refractivity contribution in [2.75, 3.05) is 0 Å². The standard InChI is InChI=1S/C49H31N3S/c1-3-12-34(13-4-1)47-50-48(35-14-5-2-6-15-35)52-49(51-47)39-19-10-18-38(31-39)37-17-9-16-36(30-37)32-24-26-33(27-25-32)40-28-29-43-41-20-7-8-22-44(41)53-45-23-11-21-42(40)46(43)45/h1-31H. The lowest BCUT2D eigenvalue weighted by Gasteiger charge is -2.21. The van der Waals surface area contributed by atoms with Gasteiger partial charge in [-0.1, -0.05) is 176 Å². The van der Waals surface area contributed by atoms with E-state index < -0.39 is 0 Å². The van der Waals surface area contributed by atoms with Crippen molar-refractivity contribution in [1.29, 1.82) is 0 Å². The Morgan fingerprint density at radius 3 is 1.43 bits per heavy atom. The molecule has 0 aliphatic carbocycles. The second-order valence-corrected chi connectivity index (χ2v) is 14.3. The number of hydrogen-bond donors (Lipinski definition) is 0. The summed E-state index contributed by atoms with van der Waals surface area (Å²) in [6.45, 7) is 0. The van der Waals surface area contributed by atoms with Gasteiger partial charge in [-0.25, -0.2) is 15.0 Å². The van der Waals surface area contributed by atoms with Gasteiger partial charge in [0.15, 0.2) is 17.5 Å². The van der Waals surface area contributed by atoms with E-state index in [-0.39, 0.29) is 0 Å². The summed E-state index contributed by atoms with van der Waals surface area (Å²) in [6, 6.07) is 66.4. The molecule has 1 aliphatic heterocycles. The summed E-state index contributed by atoms with van der Waals surface area (Å²) in [5.74, 6) is 1.96. The first-order valence-electron chi connectivity index (χ1n) is 17.8. The third kappa shape index (κ3) is 5.80. The molecule has 0 unspecified atom stereocenters. The minimum Gasteiger partial charge on any atom is -0.208 e. The third-order valence-corrected chi connectivity index (χ3v) is 11.1. The van der Waals surface area contributed by atoms with Gasteiger partial charge in [0, 0.05) is 31.9 Å².